The Morgan fingerprint density at radius 3 is 2.91 bits per heavy atom. The summed E-state index contributed by atoms with van der Waals surface area (Å²) in [4.78, 5) is 4.01. The van der Waals surface area contributed by atoms with E-state index in [1.54, 1.807) is 19.3 Å². The van der Waals surface area contributed by atoms with Crippen LogP contribution in [0.4, 0.5) is 0 Å². The smallest absolute Gasteiger partial charge is 0.138 e. The second-order valence-electron chi connectivity index (χ2n) is 4.73. The minimum Gasteiger partial charge on any atom is -0.342 e. The highest BCUT2D eigenvalue weighted by atomic mass is 35.5. The Morgan fingerprint density at radius 2 is 2.14 bits per heavy atom. The van der Waals surface area contributed by atoms with Gasteiger partial charge in [0.15, 0.2) is 0 Å². The van der Waals surface area contributed by atoms with E-state index in [1.165, 1.54) is 0 Å². The van der Waals surface area contributed by atoms with Crippen molar-refractivity contribution in [2.45, 2.75) is 6.54 Å². The van der Waals surface area contributed by atoms with Crippen LogP contribution in [0.1, 0.15) is 11.3 Å². The molecule has 0 saturated heterocycles. The zero-order valence-electron chi connectivity index (χ0n) is 11.8. The van der Waals surface area contributed by atoms with Crippen LogP contribution in [0.3, 0.4) is 0 Å². The van der Waals surface area contributed by atoms with E-state index in [-0.39, 0.29) is 0 Å². The van der Waals surface area contributed by atoms with Gasteiger partial charge in [0.1, 0.15) is 11.4 Å². The van der Waals surface area contributed by atoms with Gasteiger partial charge in [0.2, 0.25) is 0 Å². The number of nitrogens with zero attached hydrogens (tertiary/aromatic N) is 4. The van der Waals surface area contributed by atoms with Crippen LogP contribution in [-0.2, 0) is 6.54 Å². The van der Waals surface area contributed by atoms with Crippen LogP contribution < -0.4 is 0 Å². The van der Waals surface area contributed by atoms with Crippen molar-refractivity contribution in [2.75, 3.05) is 7.05 Å². The molecule has 3 aromatic rings. The van der Waals surface area contributed by atoms with E-state index in [9.17, 15) is 0 Å². The number of aromatic nitrogens is 4. The molecule has 0 fully saturated rings. The van der Waals surface area contributed by atoms with Crippen molar-refractivity contribution in [3.05, 3.63) is 57.8 Å². The second-order valence-corrected chi connectivity index (χ2v) is 5.55. The lowest BCUT2D eigenvalue weighted by Gasteiger charge is -2.09. The highest BCUT2D eigenvalue weighted by Crippen LogP contribution is 2.25. The Labute approximate surface area is 137 Å². The molecule has 5 nitrogen and oxygen atoms in total. The standard InChI is InChI=1S/C15H13Cl2N5/c1-18-8-13-15(20-21-19-13)14-3-2-6-22(14)9-10-4-5-11(16)12(17)7-10/h2-8H,9H2,1H3,(H,19,20,21)/b18-8+. The van der Waals surface area contributed by atoms with Crippen LogP contribution in [-0.4, -0.2) is 33.2 Å². The number of nitrogens with one attached hydrogen (secondary N) is 1. The largest absolute Gasteiger partial charge is 0.342 e. The fraction of sp³-hybridized carbons (Fsp3) is 0.133. The van der Waals surface area contributed by atoms with Gasteiger partial charge in [-0.05, 0) is 29.8 Å². The molecule has 0 bridgehead atoms. The molecule has 0 aliphatic carbocycles. The fourth-order valence-corrected chi connectivity index (χ4v) is 2.57. The lowest BCUT2D eigenvalue weighted by atomic mass is 10.2. The minimum absolute atomic E-state index is 0.549. The molecule has 1 N–H and O–H groups in total. The number of hydrogen-bond acceptors (Lipinski definition) is 3. The van der Waals surface area contributed by atoms with Gasteiger partial charge in [-0.2, -0.15) is 0 Å². The SMILES string of the molecule is C/N=C/c1[nH]nnc1-c1cccn1Cc1ccc(Cl)c(Cl)c1. The summed E-state index contributed by atoms with van der Waals surface area (Å²) in [6.45, 7) is 0.661. The lowest BCUT2D eigenvalue weighted by Crippen LogP contribution is -2.01. The Hall–Kier alpha value is -2.11. The number of rotatable bonds is 4. The maximum Gasteiger partial charge on any atom is 0.138 e. The average molecular weight is 334 g/mol. The summed E-state index contributed by atoms with van der Waals surface area (Å²) in [6, 6.07) is 9.57. The molecule has 3 rings (SSSR count). The van der Waals surface area contributed by atoms with Crippen LogP contribution in [0.2, 0.25) is 10.0 Å². The molecule has 0 unspecified atom stereocenters. The molecule has 2 aromatic heterocycles. The molecule has 112 valence electrons. The van der Waals surface area contributed by atoms with Crippen molar-refractivity contribution in [3.63, 3.8) is 0 Å². The van der Waals surface area contributed by atoms with Crippen LogP contribution in [0.5, 0.6) is 0 Å². The third kappa shape index (κ3) is 2.91. The molecular weight excluding hydrogens is 321 g/mol. The number of aromatic amines is 1. The molecule has 1 aromatic carbocycles. The number of benzene rings is 1. The van der Waals surface area contributed by atoms with E-state index < -0.39 is 0 Å². The molecule has 7 heteroatoms. The van der Waals surface area contributed by atoms with E-state index in [2.05, 4.69) is 25.0 Å². The number of hydrogen-bond donors (Lipinski definition) is 1. The van der Waals surface area contributed by atoms with E-state index >= 15 is 0 Å². The van der Waals surface area contributed by atoms with Gasteiger partial charge in [0.05, 0.1) is 15.7 Å². The summed E-state index contributed by atoms with van der Waals surface area (Å²) in [7, 11) is 1.71. The van der Waals surface area contributed by atoms with Crippen molar-refractivity contribution in [3.8, 4) is 11.4 Å². The van der Waals surface area contributed by atoms with Crippen molar-refractivity contribution in [1.82, 2.24) is 20.0 Å². The van der Waals surface area contributed by atoms with Crippen LogP contribution in [0.15, 0.2) is 41.5 Å². The predicted octanol–water partition coefficient (Wildman–Crippen LogP) is 3.68. The topological polar surface area (TPSA) is 58.9 Å². The predicted molar refractivity (Wildman–Crippen MR) is 88.9 cm³/mol. The van der Waals surface area contributed by atoms with Crippen molar-refractivity contribution in [1.29, 1.82) is 0 Å². The van der Waals surface area contributed by atoms with E-state index in [4.69, 9.17) is 23.2 Å². The van der Waals surface area contributed by atoms with Gasteiger partial charge in [-0.15, -0.1) is 5.10 Å². The summed E-state index contributed by atoms with van der Waals surface area (Å²) >= 11 is 12.0. The first-order valence-electron chi connectivity index (χ1n) is 6.61. The van der Waals surface area contributed by atoms with Gasteiger partial charge in [0, 0.05) is 26.0 Å². The highest BCUT2D eigenvalue weighted by Gasteiger charge is 2.12. The van der Waals surface area contributed by atoms with Gasteiger partial charge in [-0.3, -0.25) is 10.1 Å². The van der Waals surface area contributed by atoms with E-state index in [0.717, 1.165) is 22.6 Å². The monoisotopic (exact) mass is 333 g/mol. The molecule has 0 spiro atoms. The zero-order valence-corrected chi connectivity index (χ0v) is 13.3. The molecule has 0 aliphatic rings. The molecule has 0 saturated carbocycles. The number of aliphatic imine (C=N–C) groups is 1. The Balaban J connectivity index is 1.95. The lowest BCUT2D eigenvalue weighted by molar-refractivity contribution is 0.810. The van der Waals surface area contributed by atoms with Gasteiger partial charge in [0.25, 0.3) is 0 Å². The molecule has 0 atom stereocenters. The molecule has 22 heavy (non-hydrogen) atoms. The minimum atomic E-state index is 0.549. The van der Waals surface area contributed by atoms with Gasteiger partial charge < -0.3 is 4.57 Å². The number of halogens is 2. The maximum atomic E-state index is 6.07. The first-order valence-corrected chi connectivity index (χ1v) is 7.37. The van der Waals surface area contributed by atoms with Gasteiger partial charge in [-0.1, -0.05) is 34.5 Å². The maximum absolute atomic E-state index is 6.07. The molecule has 0 aliphatic heterocycles. The highest BCUT2D eigenvalue weighted by molar-refractivity contribution is 6.42. The molecule has 0 amide bonds. The summed E-state index contributed by atoms with van der Waals surface area (Å²) < 4.78 is 2.07. The average Bonchev–Trinajstić information content (AvgIpc) is 3.12. The second kappa shape index (κ2) is 6.34. The normalized spacial score (nSPS) is 11.4. The quantitative estimate of drug-likeness (QED) is 0.740. The van der Waals surface area contributed by atoms with Crippen LogP contribution in [0, 0.1) is 0 Å². The number of H-pyrrole nitrogens is 1. The van der Waals surface area contributed by atoms with Crippen molar-refractivity contribution in [2.24, 2.45) is 4.99 Å². The molecule has 0 radical (unpaired) electrons. The van der Waals surface area contributed by atoms with Crippen LogP contribution in [0.25, 0.3) is 11.4 Å². The van der Waals surface area contributed by atoms with Crippen LogP contribution >= 0.6 is 23.2 Å². The third-order valence-electron chi connectivity index (χ3n) is 3.24. The fourth-order valence-electron chi connectivity index (χ4n) is 2.25. The first kappa shape index (κ1) is 14.8. The summed E-state index contributed by atoms with van der Waals surface area (Å²) in [5, 5.41) is 11.9. The molecular formula is C15H13Cl2N5. The first-order chi connectivity index (χ1) is 10.7. The Morgan fingerprint density at radius 1 is 1.27 bits per heavy atom. The van der Waals surface area contributed by atoms with Crippen molar-refractivity contribution >= 4 is 29.4 Å². The van der Waals surface area contributed by atoms with Gasteiger partial charge >= 0.3 is 0 Å². The third-order valence-corrected chi connectivity index (χ3v) is 3.98. The van der Waals surface area contributed by atoms with Gasteiger partial charge in [-0.25, -0.2) is 0 Å². The Bertz CT molecular complexity index is 819. The summed E-state index contributed by atoms with van der Waals surface area (Å²) in [5.41, 5.74) is 3.54. The van der Waals surface area contributed by atoms with E-state index in [1.807, 2.05) is 30.5 Å². The zero-order chi connectivity index (χ0) is 15.5. The molecule has 2 heterocycles. The van der Waals surface area contributed by atoms with E-state index in [0.29, 0.717) is 16.6 Å². The van der Waals surface area contributed by atoms with Crippen molar-refractivity contribution < 1.29 is 0 Å². The summed E-state index contributed by atoms with van der Waals surface area (Å²) in [6.07, 6.45) is 3.69. The summed E-state index contributed by atoms with van der Waals surface area (Å²) in [5.74, 6) is 0. The Kier molecular flexibility index (Phi) is 4.27.